The lowest BCUT2D eigenvalue weighted by molar-refractivity contribution is -0.131. The Hall–Kier alpha value is -11.2. The van der Waals surface area contributed by atoms with E-state index < -0.39 is 35.3 Å². The van der Waals surface area contributed by atoms with Crippen LogP contribution < -0.4 is 42.5 Å². The highest BCUT2D eigenvalue weighted by molar-refractivity contribution is 8.14. The topological polar surface area (TPSA) is 301 Å². The van der Waals surface area contributed by atoms with Gasteiger partial charge in [0.2, 0.25) is 47.3 Å². The van der Waals surface area contributed by atoms with Crippen LogP contribution in [0.3, 0.4) is 0 Å². The molecule has 136 heavy (non-hydrogen) atoms. The van der Waals surface area contributed by atoms with Gasteiger partial charge in [0.1, 0.15) is 24.2 Å². The van der Waals surface area contributed by atoms with Crippen LogP contribution in [0.25, 0.3) is 0 Å². The van der Waals surface area contributed by atoms with E-state index in [4.69, 9.17) is 0 Å². The summed E-state index contributed by atoms with van der Waals surface area (Å²) in [4.78, 5) is 150. The lowest BCUT2D eigenvalue weighted by Gasteiger charge is -2.23. The zero-order chi connectivity index (χ0) is 96.1. The number of nitrogens with one attached hydrogen (secondary N) is 8. The summed E-state index contributed by atoms with van der Waals surface area (Å²) in [6.07, 6.45) is 7.89. The second-order valence-corrected chi connectivity index (χ2v) is 38.4. The number of carbonyl (C=O) groups excluding carboxylic acids is 12. The van der Waals surface area contributed by atoms with Gasteiger partial charge < -0.3 is 42.5 Å². The molecule has 8 N–H and O–H groups in total. The quantitative estimate of drug-likeness (QED) is 0.0176. The van der Waals surface area contributed by atoms with Gasteiger partial charge in [-0.2, -0.15) is 0 Å². The molecule has 9 aromatic rings. The third-order valence-electron chi connectivity index (χ3n) is 20.6. The Kier molecular flexibility index (Phi) is 66.0. The Morgan fingerprint density at radius 2 is 0.493 bits per heavy atom. The molecular weight excluding hydrogens is 1780 g/mol. The Morgan fingerprint density at radius 1 is 0.250 bits per heavy atom. The second kappa shape index (κ2) is 73.1. The van der Waals surface area contributed by atoms with Gasteiger partial charge in [-0.25, -0.2) is 0 Å². The van der Waals surface area contributed by atoms with Crippen LogP contribution in [0, 0.1) is 35.5 Å². The molecule has 0 saturated carbocycles. The number of hydrogen-bond acceptors (Lipinski definition) is 16. The second-order valence-electron chi connectivity index (χ2n) is 33.5. The lowest BCUT2D eigenvalue weighted by atomic mass is 9.97. The van der Waals surface area contributed by atoms with Gasteiger partial charge in [0.25, 0.3) is 0 Å². The highest BCUT2D eigenvalue weighted by Crippen LogP contribution is 2.24. The van der Waals surface area contributed by atoms with Gasteiger partial charge in [-0.15, -0.1) is 0 Å². The highest BCUT2D eigenvalue weighted by atomic mass is 32.2. The summed E-state index contributed by atoms with van der Waals surface area (Å²) in [7, 11) is 0. The van der Waals surface area contributed by atoms with Gasteiger partial charge in [-0.1, -0.05) is 397 Å². The monoisotopic (exact) mass is 1930 g/mol. The number of carbonyl (C=O) groups is 12. The predicted octanol–water partition coefficient (Wildman–Crippen LogP) is 19.8. The van der Waals surface area contributed by atoms with Crippen molar-refractivity contribution in [1.29, 1.82) is 0 Å². The Balaban J connectivity index is 0.000000880. The summed E-state index contributed by atoms with van der Waals surface area (Å²) < 4.78 is 0. The number of rotatable bonds is 47. The van der Waals surface area contributed by atoms with Crippen LogP contribution in [-0.2, 0) is 109 Å². The smallest absolute Gasteiger partial charge is 0.242 e. The van der Waals surface area contributed by atoms with E-state index in [1.807, 2.05) is 314 Å². The molecule has 738 valence electrons. The van der Waals surface area contributed by atoms with Crippen molar-refractivity contribution in [3.63, 3.8) is 0 Å². The predicted molar refractivity (Wildman–Crippen MR) is 570 cm³/mol. The third kappa shape index (κ3) is 55.7. The molecule has 8 atom stereocenters. The number of likely N-dealkylation sites (N-methyl/N-ethyl adjacent to an activating group) is 1. The summed E-state index contributed by atoms with van der Waals surface area (Å²) in [6.45, 7) is 22.1. The molecule has 24 heteroatoms. The standard InChI is InChI=1S/C29H32N2O3S.2C26H34N2O3S.C21H32N2O3S.C6H6.4CH4/c1-22(32)35-21-26(19-24-13-7-3-8-14-24)28(33)31-27(20-25-15-9-4-10-16-25)29(34)30-18-17-23-11-5-2-6-12-23;1-19(2)16-23(18-32-20(3)29)25(30)28-24(17-22-12-8-5-9-13-22)26(31)27-15-14-21-10-6-4-7-11-21;1-19(2)18-23(25(30)27-17-16-22-12-8-5-9-13-22)28-26(31)24(32-20(3)29)15-14-21-10-6-4-7-11-21;1-5-22-21(26)19(13-15(2)3)23-20(25)18(14-27-16(4)24)12-11-17-9-7-6-8-10-17;1-2-4-6-5-3-1;;;;/h2-16,26-27H,17-21H2,1H3,(H,30,34)(H,31,33);4-13,19,23-24H,14-18H2,1-3H3,(H,27,31)(H,28,30);4-13,19,23-24H,14-18H2,1-3H3,(H,27,30)(H,28,31);6-10,15,18-19H,5,11-14H2,1-4H3,(H,22,26)(H,23,25);1-6H;4*1H4. The van der Waals surface area contributed by atoms with Crippen LogP contribution >= 0.6 is 47.0 Å². The van der Waals surface area contributed by atoms with E-state index in [1.54, 1.807) is 0 Å². The average molecular weight is 1930 g/mol. The molecule has 8 unspecified atom stereocenters. The van der Waals surface area contributed by atoms with Gasteiger partial charge in [-0.05, 0) is 140 Å². The number of aryl methyl sites for hydroxylation is 2. The molecule has 0 aromatic heterocycles. The first kappa shape index (κ1) is 123. The summed E-state index contributed by atoms with van der Waals surface area (Å²) in [5.74, 6) is -0.566. The summed E-state index contributed by atoms with van der Waals surface area (Å²) in [5, 5.41) is 22.8. The zero-order valence-corrected chi connectivity index (χ0v) is 81.8. The van der Waals surface area contributed by atoms with Crippen molar-refractivity contribution in [3.8, 4) is 0 Å². The summed E-state index contributed by atoms with van der Waals surface area (Å²) in [5.41, 5.74) is 8.68. The van der Waals surface area contributed by atoms with E-state index in [-0.39, 0.29) is 121 Å². The molecule has 0 aliphatic carbocycles. The number of thioether (sulfide) groups is 4. The summed E-state index contributed by atoms with van der Waals surface area (Å²) >= 11 is 4.49. The van der Waals surface area contributed by atoms with Gasteiger partial charge >= 0.3 is 0 Å². The van der Waals surface area contributed by atoms with E-state index in [0.717, 1.165) is 111 Å². The number of hydrogen-bond donors (Lipinski definition) is 8. The van der Waals surface area contributed by atoms with Gasteiger partial charge in [0, 0.05) is 95.8 Å². The van der Waals surface area contributed by atoms with E-state index in [9.17, 15) is 57.5 Å². The minimum atomic E-state index is -0.707. The van der Waals surface area contributed by atoms with Crippen molar-refractivity contribution in [2.24, 2.45) is 35.5 Å². The van der Waals surface area contributed by atoms with E-state index in [0.29, 0.717) is 114 Å². The molecule has 9 aromatic carbocycles. The Bertz CT molecular complexity index is 4780. The van der Waals surface area contributed by atoms with Crippen LogP contribution in [0.15, 0.2) is 279 Å². The average Bonchev–Trinajstić information content (AvgIpc) is 0.874. The normalized spacial score (nSPS) is 12.1. The third-order valence-corrected chi connectivity index (χ3v) is 24.6. The fourth-order valence-corrected chi connectivity index (χ4v) is 16.9. The van der Waals surface area contributed by atoms with E-state index in [1.165, 1.54) is 27.7 Å². The maximum Gasteiger partial charge on any atom is 0.242 e. The van der Waals surface area contributed by atoms with Crippen molar-refractivity contribution in [3.05, 3.63) is 324 Å². The molecule has 0 radical (unpaired) electrons. The molecule has 20 nitrogen and oxygen atoms in total. The largest absolute Gasteiger partial charge is 0.355 e. The Morgan fingerprint density at radius 3 is 0.801 bits per heavy atom. The van der Waals surface area contributed by atoms with Crippen molar-refractivity contribution >= 4 is 115 Å². The van der Waals surface area contributed by atoms with Crippen LogP contribution in [0.5, 0.6) is 0 Å². The first-order chi connectivity index (χ1) is 63.5. The first-order valence-corrected chi connectivity index (χ1v) is 49.6. The molecule has 0 heterocycles. The fraction of sp³-hybridized carbons (Fsp3) is 0.411. The minimum Gasteiger partial charge on any atom is -0.355 e. The highest BCUT2D eigenvalue weighted by Gasteiger charge is 2.32. The van der Waals surface area contributed by atoms with Crippen LogP contribution in [0.2, 0.25) is 0 Å². The van der Waals surface area contributed by atoms with Crippen molar-refractivity contribution in [1.82, 2.24) is 42.5 Å². The van der Waals surface area contributed by atoms with Crippen LogP contribution in [0.4, 0.5) is 0 Å². The molecule has 0 spiro atoms. The molecular formula is C112H154N8O12S4. The van der Waals surface area contributed by atoms with Crippen LogP contribution in [0.1, 0.15) is 182 Å². The molecule has 0 bridgehead atoms. The molecule has 0 fully saturated rings. The fourth-order valence-electron chi connectivity index (χ4n) is 13.9. The van der Waals surface area contributed by atoms with Crippen LogP contribution in [-0.4, -0.2) is 141 Å². The zero-order valence-electron chi connectivity index (χ0n) is 78.6. The maximum atomic E-state index is 13.3. The van der Waals surface area contributed by atoms with Crippen molar-refractivity contribution in [2.45, 2.75) is 219 Å². The first-order valence-electron chi connectivity index (χ1n) is 45.7. The van der Waals surface area contributed by atoms with E-state index in [2.05, 4.69) is 56.4 Å². The SMILES string of the molecule is C.C.C.C.CC(=O)SC(CCc1ccccc1)C(=O)NC(CC(C)C)C(=O)NCCc1ccccc1.CC(=O)SCC(CC(C)C)C(=O)NC(Cc1ccccc1)C(=O)NCCc1ccccc1.CC(=O)SCC(Cc1ccccc1)C(=O)NC(Cc1ccccc1)C(=O)NCCc1ccccc1.CCNC(=O)C(CC(C)C)NC(=O)C(CCc1ccccc1)CSC(C)=O.c1ccccc1. The lowest BCUT2D eigenvalue weighted by Crippen LogP contribution is -2.50. The maximum absolute atomic E-state index is 13.3. The summed E-state index contributed by atoms with van der Waals surface area (Å²) in [6, 6.07) is 88.3. The molecule has 0 aliphatic heterocycles. The van der Waals surface area contributed by atoms with Gasteiger partial charge in [-0.3, -0.25) is 57.5 Å². The van der Waals surface area contributed by atoms with Crippen molar-refractivity contribution < 1.29 is 57.5 Å². The minimum absolute atomic E-state index is 0. The number of benzene rings is 9. The molecule has 8 amide bonds. The van der Waals surface area contributed by atoms with Crippen molar-refractivity contribution in [2.75, 3.05) is 43.4 Å². The van der Waals surface area contributed by atoms with E-state index >= 15 is 0 Å². The molecule has 0 saturated heterocycles. The van der Waals surface area contributed by atoms with Gasteiger partial charge in [0.15, 0.2) is 20.5 Å². The molecule has 0 aliphatic rings. The number of amides is 8. The Labute approximate surface area is 830 Å². The molecule has 9 rings (SSSR count). The van der Waals surface area contributed by atoms with Gasteiger partial charge in [0.05, 0.1) is 11.2 Å².